The van der Waals surface area contributed by atoms with Gasteiger partial charge in [0.15, 0.2) is 0 Å². The standard InChI is InChI=1S/C22H27N3O3/c1-2-27-12-13-28-16-18-7-5-6-17(14-18)15-23-22(26)11-10-21-24-19-8-3-4-9-20(19)25-21/h3-9,14H,2,10-13,15-16H2,1H3,(H,23,26)(H,24,25). The Morgan fingerprint density at radius 3 is 2.75 bits per heavy atom. The highest BCUT2D eigenvalue weighted by atomic mass is 16.5. The minimum Gasteiger partial charge on any atom is -0.379 e. The lowest BCUT2D eigenvalue weighted by molar-refractivity contribution is -0.121. The molecule has 2 aromatic carbocycles. The number of imidazole rings is 1. The number of rotatable bonds is 11. The van der Waals surface area contributed by atoms with Crippen molar-refractivity contribution in [3.8, 4) is 0 Å². The molecule has 2 N–H and O–H groups in total. The van der Waals surface area contributed by atoms with Gasteiger partial charge in [-0.25, -0.2) is 4.98 Å². The van der Waals surface area contributed by atoms with E-state index in [1.54, 1.807) is 0 Å². The van der Waals surface area contributed by atoms with Crippen LogP contribution in [0.15, 0.2) is 48.5 Å². The Labute approximate surface area is 165 Å². The van der Waals surface area contributed by atoms with Crippen LogP contribution in [0.1, 0.15) is 30.3 Å². The summed E-state index contributed by atoms with van der Waals surface area (Å²) in [6.07, 6.45) is 0.994. The van der Waals surface area contributed by atoms with Crippen LogP contribution in [-0.2, 0) is 33.8 Å². The number of benzene rings is 2. The molecule has 6 nitrogen and oxygen atoms in total. The van der Waals surface area contributed by atoms with Gasteiger partial charge in [0.05, 0.1) is 30.9 Å². The van der Waals surface area contributed by atoms with Gasteiger partial charge in [-0.05, 0) is 30.2 Å². The van der Waals surface area contributed by atoms with Crippen LogP contribution in [0.2, 0.25) is 0 Å². The summed E-state index contributed by atoms with van der Waals surface area (Å²) in [6, 6.07) is 15.9. The maximum absolute atomic E-state index is 12.2. The van der Waals surface area contributed by atoms with Crippen molar-refractivity contribution in [2.45, 2.75) is 32.9 Å². The molecule has 148 valence electrons. The Balaban J connectivity index is 1.40. The zero-order valence-electron chi connectivity index (χ0n) is 16.2. The highest BCUT2D eigenvalue weighted by molar-refractivity contribution is 5.77. The summed E-state index contributed by atoms with van der Waals surface area (Å²) in [5.41, 5.74) is 4.07. The van der Waals surface area contributed by atoms with Crippen LogP contribution in [0.5, 0.6) is 0 Å². The number of H-pyrrole nitrogens is 1. The van der Waals surface area contributed by atoms with Crippen LogP contribution < -0.4 is 5.32 Å². The molecule has 0 saturated carbocycles. The largest absolute Gasteiger partial charge is 0.379 e. The second-order valence-electron chi connectivity index (χ2n) is 6.55. The van der Waals surface area contributed by atoms with Gasteiger partial charge in [-0.3, -0.25) is 4.79 Å². The molecule has 0 saturated heterocycles. The van der Waals surface area contributed by atoms with E-state index in [0.717, 1.165) is 28.0 Å². The molecular weight excluding hydrogens is 354 g/mol. The summed E-state index contributed by atoms with van der Waals surface area (Å²) in [5, 5.41) is 2.97. The Morgan fingerprint density at radius 2 is 1.89 bits per heavy atom. The number of aryl methyl sites for hydroxylation is 1. The molecule has 0 bridgehead atoms. The third-order valence-electron chi connectivity index (χ3n) is 4.35. The molecule has 0 fully saturated rings. The fourth-order valence-electron chi connectivity index (χ4n) is 2.93. The van der Waals surface area contributed by atoms with E-state index in [1.807, 2.05) is 49.4 Å². The average molecular weight is 381 g/mol. The number of aromatic nitrogens is 2. The SMILES string of the molecule is CCOCCOCc1cccc(CNC(=O)CCc2nc3ccccc3[nH]2)c1. The van der Waals surface area contributed by atoms with E-state index in [1.165, 1.54) is 0 Å². The number of nitrogens with zero attached hydrogens (tertiary/aromatic N) is 1. The summed E-state index contributed by atoms with van der Waals surface area (Å²) in [7, 11) is 0. The maximum atomic E-state index is 12.2. The highest BCUT2D eigenvalue weighted by Crippen LogP contribution is 2.11. The highest BCUT2D eigenvalue weighted by Gasteiger charge is 2.06. The maximum Gasteiger partial charge on any atom is 0.220 e. The van der Waals surface area contributed by atoms with Crippen LogP contribution in [0, 0.1) is 0 Å². The van der Waals surface area contributed by atoms with Gasteiger partial charge < -0.3 is 19.8 Å². The van der Waals surface area contributed by atoms with E-state index in [4.69, 9.17) is 9.47 Å². The lowest BCUT2D eigenvalue weighted by Crippen LogP contribution is -2.23. The Hall–Kier alpha value is -2.70. The normalized spacial score (nSPS) is 11.0. The van der Waals surface area contributed by atoms with Crippen molar-refractivity contribution in [2.24, 2.45) is 0 Å². The molecule has 3 aromatic rings. The molecule has 1 heterocycles. The summed E-state index contributed by atoms with van der Waals surface area (Å²) in [6.45, 7) is 4.91. The first-order chi connectivity index (χ1) is 13.7. The van der Waals surface area contributed by atoms with E-state index in [0.29, 0.717) is 45.8 Å². The summed E-state index contributed by atoms with van der Waals surface area (Å²) < 4.78 is 10.8. The topological polar surface area (TPSA) is 76.2 Å². The van der Waals surface area contributed by atoms with Gasteiger partial charge in [0.25, 0.3) is 0 Å². The smallest absolute Gasteiger partial charge is 0.220 e. The molecule has 6 heteroatoms. The molecule has 0 aliphatic heterocycles. The number of amides is 1. The molecule has 0 unspecified atom stereocenters. The second-order valence-corrected chi connectivity index (χ2v) is 6.55. The zero-order valence-corrected chi connectivity index (χ0v) is 16.2. The molecular formula is C22H27N3O3. The molecule has 1 amide bonds. The molecule has 0 aliphatic carbocycles. The number of carbonyl (C=O) groups is 1. The lowest BCUT2D eigenvalue weighted by atomic mass is 10.1. The van der Waals surface area contributed by atoms with Gasteiger partial charge in [-0.2, -0.15) is 0 Å². The third-order valence-corrected chi connectivity index (χ3v) is 4.35. The average Bonchev–Trinajstić information content (AvgIpc) is 3.14. The summed E-state index contributed by atoms with van der Waals surface area (Å²) >= 11 is 0. The van der Waals surface area contributed by atoms with Crippen LogP contribution in [0.25, 0.3) is 11.0 Å². The summed E-state index contributed by atoms with van der Waals surface area (Å²) in [5.74, 6) is 0.848. The third kappa shape index (κ3) is 6.18. The van der Waals surface area contributed by atoms with Crippen LogP contribution in [0.3, 0.4) is 0 Å². The Bertz CT molecular complexity index is 858. The van der Waals surface area contributed by atoms with Gasteiger partial charge >= 0.3 is 0 Å². The second kappa shape index (κ2) is 10.6. The number of ether oxygens (including phenoxy) is 2. The first kappa shape index (κ1) is 20.0. The fourth-order valence-corrected chi connectivity index (χ4v) is 2.93. The van der Waals surface area contributed by atoms with Gasteiger partial charge in [0.1, 0.15) is 5.82 Å². The van der Waals surface area contributed by atoms with Crippen molar-refractivity contribution in [1.29, 1.82) is 0 Å². The molecule has 0 atom stereocenters. The number of nitrogens with one attached hydrogen (secondary N) is 2. The van der Waals surface area contributed by atoms with Crippen molar-refractivity contribution in [3.05, 3.63) is 65.5 Å². The van der Waals surface area contributed by atoms with Gasteiger partial charge in [0.2, 0.25) is 5.91 Å². The lowest BCUT2D eigenvalue weighted by Gasteiger charge is -2.08. The Morgan fingerprint density at radius 1 is 1.07 bits per heavy atom. The van der Waals surface area contributed by atoms with E-state index in [-0.39, 0.29) is 5.91 Å². The molecule has 3 rings (SSSR count). The number of para-hydroxylation sites is 2. The van der Waals surface area contributed by atoms with Crippen molar-refractivity contribution >= 4 is 16.9 Å². The van der Waals surface area contributed by atoms with Crippen LogP contribution >= 0.6 is 0 Å². The first-order valence-electron chi connectivity index (χ1n) is 9.68. The van der Waals surface area contributed by atoms with Gasteiger partial charge in [-0.15, -0.1) is 0 Å². The summed E-state index contributed by atoms with van der Waals surface area (Å²) in [4.78, 5) is 19.9. The molecule has 1 aromatic heterocycles. The number of hydrogen-bond acceptors (Lipinski definition) is 4. The van der Waals surface area contributed by atoms with Gasteiger partial charge in [-0.1, -0.05) is 36.4 Å². The van der Waals surface area contributed by atoms with E-state index in [2.05, 4.69) is 21.4 Å². The van der Waals surface area contributed by atoms with Crippen molar-refractivity contribution in [3.63, 3.8) is 0 Å². The Kier molecular flexibility index (Phi) is 7.58. The van der Waals surface area contributed by atoms with Crippen molar-refractivity contribution < 1.29 is 14.3 Å². The van der Waals surface area contributed by atoms with Crippen LogP contribution in [-0.4, -0.2) is 35.7 Å². The molecule has 0 radical (unpaired) electrons. The number of fused-ring (bicyclic) bond motifs is 1. The predicted molar refractivity (Wildman–Crippen MR) is 109 cm³/mol. The van der Waals surface area contributed by atoms with E-state index in [9.17, 15) is 4.79 Å². The van der Waals surface area contributed by atoms with Crippen molar-refractivity contribution in [1.82, 2.24) is 15.3 Å². The van der Waals surface area contributed by atoms with E-state index >= 15 is 0 Å². The predicted octanol–water partition coefficient (Wildman–Crippen LogP) is 3.37. The van der Waals surface area contributed by atoms with Crippen molar-refractivity contribution in [2.75, 3.05) is 19.8 Å². The first-order valence-corrected chi connectivity index (χ1v) is 9.68. The number of carbonyl (C=O) groups excluding carboxylic acids is 1. The monoisotopic (exact) mass is 381 g/mol. The number of hydrogen-bond donors (Lipinski definition) is 2. The van der Waals surface area contributed by atoms with Gasteiger partial charge in [0, 0.05) is 26.0 Å². The molecule has 28 heavy (non-hydrogen) atoms. The molecule has 0 aliphatic rings. The minimum atomic E-state index is 0.0128. The minimum absolute atomic E-state index is 0.0128. The molecule has 0 spiro atoms. The zero-order chi connectivity index (χ0) is 19.6. The van der Waals surface area contributed by atoms with Crippen LogP contribution in [0.4, 0.5) is 0 Å². The van der Waals surface area contributed by atoms with E-state index < -0.39 is 0 Å². The quantitative estimate of drug-likeness (QED) is 0.499. The fraction of sp³-hybridized carbons (Fsp3) is 0.364. The number of aromatic amines is 1.